The molecule has 5 nitrogen and oxygen atoms in total. The number of aliphatic hydroxyl groups excluding tert-OH is 1. The van der Waals surface area contributed by atoms with E-state index in [-0.39, 0.29) is 12.8 Å². The van der Waals surface area contributed by atoms with Gasteiger partial charge in [-0.1, -0.05) is 0 Å². The van der Waals surface area contributed by atoms with Crippen LogP contribution in [-0.4, -0.2) is 35.4 Å². The zero-order chi connectivity index (χ0) is 11.1. The zero-order valence-electron chi connectivity index (χ0n) is 8.12. The van der Waals surface area contributed by atoms with Crippen molar-refractivity contribution in [3.05, 3.63) is 0 Å². The van der Waals surface area contributed by atoms with Gasteiger partial charge in [0, 0.05) is 19.4 Å². The summed E-state index contributed by atoms with van der Waals surface area (Å²) in [6.07, 6.45) is -0.128. The Balaban J connectivity index is 2.00. The Bertz CT molecular complexity index is 304. The maximum Gasteiger partial charge on any atom is 0.237 e. The van der Waals surface area contributed by atoms with Gasteiger partial charge in [-0.25, -0.2) is 4.39 Å². The standard InChI is InChI=1S/C9H13FN2O3/c10-9(2-3-9)12-8(15)6-5(13)1-4-11-7(6)14/h5-6,13H,1-4H2,(H,11,14)(H,12,15). The van der Waals surface area contributed by atoms with Crippen LogP contribution in [-0.2, 0) is 9.59 Å². The fraction of sp³-hybridized carbons (Fsp3) is 0.778. The van der Waals surface area contributed by atoms with Crippen LogP contribution in [0.4, 0.5) is 4.39 Å². The Labute approximate surface area is 86.0 Å². The van der Waals surface area contributed by atoms with E-state index in [1.54, 1.807) is 0 Å². The molecule has 84 valence electrons. The van der Waals surface area contributed by atoms with Crippen molar-refractivity contribution in [2.45, 2.75) is 31.2 Å². The number of alkyl halides is 1. The summed E-state index contributed by atoms with van der Waals surface area (Å²) in [7, 11) is 0. The van der Waals surface area contributed by atoms with Gasteiger partial charge in [-0.3, -0.25) is 9.59 Å². The van der Waals surface area contributed by atoms with Crippen molar-refractivity contribution >= 4 is 11.8 Å². The molecule has 2 rings (SSSR count). The maximum atomic E-state index is 13.2. The molecule has 1 saturated heterocycles. The minimum absolute atomic E-state index is 0.281. The molecule has 0 radical (unpaired) electrons. The molecule has 1 saturated carbocycles. The molecular weight excluding hydrogens is 203 g/mol. The predicted octanol–water partition coefficient (Wildman–Crippen LogP) is -0.941. The molecule has 0 aromatic heterocycles. The Hall–Kier alpha value is -1.17. The molecule has 2 fully saturated rings. The van der Waals surface area contributed by atoms with Gasteiger partial charge in [0.05, 0.1) is 6.10 Å². The van der Waals surface area contributed by atoms with Gasteiger partial charge in [-0.05, 0) is 6.42 Å². The van der Waals surface area contributed by atoms with Crippen molar-refractivity contribution in [3.8, 4) is 0 Å². The normalized spacial score (nSPS) is 33.1. The highest BCUT2D eigenvalue weighted by molar-refractivity contribution is 6.01. The van der Waals surface area contributed by atoms with Gasteiger partial charge in [-0.2, -0.15) is 0 Å². The van der Waals surface area contributed by atoms with E-state index >= 15 is 0 Å². The monoisotopic (exact) mass is 216 g/mol. The topological polar surface area (TPSA) is 78.4 Å². The van der Waals surface area contributed by atoms with Gasteiger partial charge in [0.1, 0.15) is 5.92 Å². The molecule has 2 aliphatic rings. The van der Waals surface area contributed by atoms with E-state index in [0.29, 0.717) is 13.0 Å². The van der Waals surface area contributed by atoms with Gasteiger partial charge < -0.3 is 15.7 Å². The first-order valence-corrected chi connectivity index (χ1v) is 4.99. The third-order valence-electron chi connectivity index (χ3n) is 2.73. The highest BCUT2D eigenvalue weighted by atomic mass is 19.1. The number of carbonyl (C=O) groups is 2. The smallest absolute Gasteiger partial charge is 0.237 e. The van der Waals surface area contributed by atoms with E-state index in [2.05, 4.69) is 10.6 Å². The van der Waals surface area contributed by atoms with Crippen LogP contribution in [0, 0.1) is 5.92 Å². The predicted molar refractivity (Wildman–Crippen MR) is 48.3 cm³/mol. The molecule has 15 heavy (non-hydrogen) atoms. The van der Waals surface area contributed by atoms with Gasteiger partial charge in [0.25, 0.3) is 0 Å². The number of hydrogen-bond donors (Lipinski definition) is 3. The second-order valence-electron chi connectivity index (χ2n) is 4.08. The third kappa shape index (κ3) is 2.09. The van der Waals surface area contributed by atoms with Crippen LogP contribution in [0.1, 0.15) is 19.3 Å². The molecule has 0 bridgehead atoms. The van der Waals surface area contributed by atoms with E-state index in [1.807, 2.05) is 0 Å². The minimum Gasteiger partial charge on any atom is -0.392 e. The van der Waals surface area contributed by atoms with Crippen molar-refractivity contribution in [1.29, 1.82) is 0 Å². The number of piperidine rings is 1. The second kappa shape index (κ2) is 3.44. The van der Waals surface area contributed by atoms with E-state index < -0.39 is 29.6 Å². The fourth-order valence-electron chi connectivity index (χ4n) is 1.62. The molecule has 1 aliphatic carbocycles. The van der Waals surface area contributed by atoms with Crippen molar-refractivity contribution < 1.29 is 19.1 Å². The summed E-state index contributed by atoms with van der Waals surface area (Å²) in [5.74, 6) is -4.07. The number of aliphatic hydroxyl groups is 1. The van der Waals surface area contributed by atoms with E-state index in [0.717, 1.165) is 0 Å². The molecule has 1 heterocycles. The van der Waals surface area contributed by atoms with Crippen LogP contribution in [0.3, 0.4) is 0 Å². The average Bonchev–Trinajstić information content (AvgIpc) is 2.82. The molecule has 6 heteroatoms. The van der Waals surface area contributed by atoms with Crippen LogP contribution in [0.5, 0.6) is 0 Å². The zero-order valence-corrected chi connectivity index (χ0v) is 8.12. The largest absolute Gasteiger partial charge is 0.392 e. The van der Waals surface area contributed by atoms with Crippen molar-refractivity contribution in [3.63, 3.8) is 0 Å². The molecular formula is C9H13FN2O3. The maximum absolute atomic E-state index is 13.2. The Morgan fingerprint density at radius 1 is 1.60 bits per heavy atom. The molecule has 2 unspecified atom stereocenters. The third-order valence-corrected chi connectivity index (χ3v) is 2.73. The number of amides is 2. The Kier molecular flexibility index (Phi) is 2.38. The summed E-state index contributed by atoms with van der Waals surface area (Å²) >= 11 is 0. The fourth-order valence-corrected chi connectivity index (χ4v) is 1.62. The van der Waals surface area contributed by atoms with Crippen molar-refractivity contribution in [2.24, 2.45) is 5.92 Å². The van der Waals surface area contributed by atoms with Gasteiger partial charge in [-0.15, -0.1) is 0 Å². The summed E-state index contributed by atoms with van der Waals surface area (Å²) in [6, 6.07) is 0. The van der Waals surface area contributed by atoms with Crippen molar-refractivity contribution in [1.82, 2.24) is 10.6 Å². The van der Waals surface area contributed by atoms with Crippen LogP contribution >= 0.6 is 0 Å². The lowest BCUT2D eigenvalue weighted by atomic mass is 9.94. The first-order valence-electron chi connectivity index (χ1n) is 4.99. The molecule has 3 N–H and O–H groups in total. The Morgan fingerprint density at radius 2 is 2.27 bits per heavy atom. The number of nitrogens with one attached hydrogen (secondary N) is 2. The summed E-state index contributed by atoms with van der Waals surface area (Å²) in [5, 5.41) is 14.1. The average molecular weight is 216 g/mol. The summed E-state index contributed by atoms with van der Waals surface area (Å²) in [6.45, 7) is 0.352. The second-order valence-corrected chi connectivity index (χ2v) is 4.08. The first kappa shape index (κ1) is 10.4. The van der Waals surface area contributed by atoms with Crippen LogP contribution in [0.25, 0.3) is 0 Å². The van der Waals surface area contributed by atoms with Crippen molar-refractivity contribution in [2.75, 3.05) is 6.54 Å². The molecule has 0 spiro atoms. The highest BCUT2D eigenvalue weighted by Gasteiger charge is 2.48. The lowest BCUT2D eigenvalue weighted by molar-refractivity contribution is -0.143. The SMILES string of the molecule is O=C1NCCC(O)C1C(=O)NC1(F)CC1. The van der Waals surface area contributed by atoms with Gasteiger partial charge >= 0.3 is 0 Å². The van der Waals surface area contributed by atoms with E-state index in [4.69, 9.17) is 0 Å². The number of halogens is 1. The molecule has 1 aliphatic heterocycles. The molecule has 0 aromatic rings. The van der Waals surface area contributed by atoms with Crippen LogP contribution < -0.4 is 10.6 Å². The summed E-state index contributed by atoms with van der Waals surface area (Å²) < 4.78 is 13.2. The lowest BCUT2D eigenvalue weighted by Crippen LogP contribution is -2.53. The van der Waals surface area contributed by atoms with Crippen LogP contribution in [0.15, 0.2) is 0 Å². The van der Waals surface area contributed by atoms with Gasteiger partial charge in [0.2, 0.25) is 11.8 Å². The molecule has 2 amide bonds. The highest BCUT2D eigenvalue weighted by Crippen LogP contribution is 2.37. The first-order chi connectivity index (χ1) is 7.02. The lowest BCUT2D eigenvalue weighted by Gasteiger charge is -2.26. The van der Waals surface area contributed by atoms with E-state index in [1.165, 1.54) is 0 Å². The Morgan fingerprint density at radius 3 is 2.80 bits per heavy atom. The minimum atomic E-state index is -1.64. The molecule has 0 aromatic carbocycles. The quantitative estimate of drug-likeness (QED) is 0.412. The van der Waals surface area contributed by atoms with Gasteiger partial charge in [0.15, 0.2) is 5.79 Å². The number of carbonyl (C=O) groups excluding carboxylic acids is 2. The number of rotatable bonds is 2. The van der Waals surface area contributed by atoms with Crippen LogP contribution in [0.2, 0.25) is 0 Å². The number of hydrogen-bond acceptors (Lipinski definition) is 3. The van der Waals surface area contributed by atoms with E-state index in [9.17, 15) is 19.1 Å². The summed E-state index contributed by atoms with van der Waals surface area (Å²) in [5.41, 5.74) is 0. The summed E-state index contributed by atoms with van der Waals surface area (Å²) in [4.78, 5) is 22.8. The molecule has 2 atom stereocenters.